The topological polar surface area (TPSA) is 0 Å². The first-order valence-electron chi connectivity index (χ1n) is 4.82. The van der Waals surface area contributed by atoms with Crippen molar-refractivity contribution in [1.82, 2.24) is 0 Å². The smallest absolute Gasteiger partial charge is 0.0108 e. The molecule has 0 amide bonds. The molecule has 0 saturated heterocycles. The van der Waals surface area contributed by atoms with Gasteiger partial charge >= 0.3 is 0 Å². The summed E-state index contributed by atoms with van der Waals surface area (Å²) in [5.41, 5.74) is 2.90. The van der Waals surface area contributed by atoms with E-state index in [4.69, 9.17) is 0 Å². The van der Waals surface area contributed by atoms with Gasteiger partial charge in [0.05, 0.1) is 0 Å². The second kappa shape index (κ2) is 8.12. The zero-order chi connectivity index (χ0) is 10.1. The van der Waals surface area contributed by atoms with Gasteiger partial charge in [-0.05, 0) is 24.0 Å². The van der Waals surface area contributed by atoms with Gasteiger partial charge in [0.15, 0.2) is 0 Å². The molecule has 0 bridgehead atoms. The Kier molecular flexibility index (Phi) is 7.82. The Morgan fingerprint density at radius 2 is 1.38 bits per heavy atom. The van der Waals surface area contributed by atoms with Crippen LogP contribution in [0.25, 0.3) is 0 Å². The monoisotopic (exact) mass is 198 g/mol. The molecule has 0 aliphatic rings. The van der Waals surface area contributed by atoms with E-state index in [0.717, 1.165) is 6.42 Å². The fourth-order valence-electron chi connectivity index (χ4n) is 1.23. The SMILES string of the molecule is CCCc1ccc(CC)cc1.CCl. The molecule has 0 unspecified atom stereocenters. The number of alkyl halides is 1. The number of benzene rings is 1. The molecule has 0 aliphatic heterocycles. The molecule has 0 spiro atoms. The molecule has 74 valence electrons. The summed E-state index contributed by atoms with van der Waals surface area (Å²) in [5.74, 6) is 0. The maximum Gasteiger partial charge on any atom is 0.0108 e. The number of hydrogen-bond donors (Lipinski definition) is 0. The quantitative estimate of drug-likeness (QED) is 0.643. The standard InChI is InChI=1S/C11H16.CH3Cl/c1-3-5-11-8-6-10(4-2)7-9-11;1-2/h6-9H,3-5H2,1-2H3;1H3. The van der Waals surface area contributed by atoms with E-state index >= 15 is 0 Å². The molecule has 0 aromatic heterocycles. The van der Waals surface area contributed by atoms with Crippen molar-refractivity contribution in [1.29, 1.82) is 0 Å². The number of hydrogen-bond acceptors (Lipinski definition) is 0. The van der Waals surface area contributed by atoms with Crippen molar-refractivity contribution in [2.75, 3.05) is 6.38 Å². The summed E-state index contributed by atoms with van der Waals surface area (Å²) in [7, 11) is 0. The van der Waals surface area contributed by atoms with Crippen LogP contribution < -0.4 is 0 Å². The van der Waals surface area contributed by atoms with Gasteiger partial charge in [0.1, 0.15) is 0 Å². The predicted molar refractivity (Wildman–Crippen MR) is 61.6 cm³/mol. The first-order chi connectivity index (χ1) is 6.36. The van der Waals surface area contributed by atoms with Crippen LogP contribution in [0.15, 0.2) is 24.3 Å². The molecule has 0 heterocycles. The Morgan fingerprint density at radius 3 is 1.77 bits per heavy atom. The summed E-state index contributed by atoms with van der Waals surface area (Å²) in [6.45, 7) is 4.41. The summed E-state index contributed by atoms with van der Waals surface area (Å²) >= 11 is 4.64. The van der Waals surface area contributed by atoms with Crippen molar-refractivity contribution in [2.24, 2.45) is 0 Å². The average Bonchev–Trinajstić information content (AvgIpc) is 2.23. The third kappa shape index (κ3) is 4.94. The average molecular weight is 199 g/mol. The van der Waals surface area contributed by atoms with Gasteiger partial charge in [0, 0.05) is 6.38 Å². The van der Waals surface area contributed by atoms with E-state index in [1.54, 1.807) is 0 Å². The molecule has 0 aliphatic carbocycles. The molecule has 1 rings (SSSR count). The summed E-state index contributed by atoms with van der Waals surface area (Å²) in [6.07, 6.45) is 5.07. The van der Waals surface area contributed by atoms with Crippen LogP contribution in [0, 0.1) is 0 Å². The van der Waals surface area contributed by atoms with Crippen LogP contribution in [-0.2, 0) is 12.8 Å². The van der Waals surface area contributed by atoms with Crippen LogP contribution in [0.5, 0.6) is 0 Å². The van der Waals surface area contributed by atoms with Crippen LogP contribution in [-0.4, -0.2) is 6.38 Å². The van der Waals surface area contributed by atoms with Gasteiger partial charge in [-0.1, -0.05) is 44.5 Å². The fourth-order valence-corrected chi connectivity index (χ4v) is 1.23. The van der Waals surface area contributed by atoms with Gasteiger partial charge < -0.3 is 0 Å². The van der Waals surface area contributed by atoms with Crippen LogP contribution in [0.2, 0.25) is 0 Å². The van der Waals surface area contributed by atoms with Gasteiger partial charge in [-0.3, -0.25) is 0 Å². The summed E-state index contributed by atoms with van der Waals surface area (Å²) in [4.78, 5) is 0. The van der Waals surface area contributed by atoms with Crippen molar-refractivity contribution in [3.8, 4) is 0 Å². The molecule has 0 atom stereocenters. The predicted octanol–water partition coefficient (Wildman–Crippen LogP) is 4.06. The summed E-state index contributed by atoms with van der Waals surface area (Å²) < 4.78 is 0. The minimum absolute atomic E-state index is 1.15. The molecular formula is C12H19Cl. The molecule has 13 heavy (non-hydrogen) atoms. The van der Waals surface area contributed by atoms with Gasteiger partial charge in [0.25, 0.3) is 0 Å². The lowest BCUT2D eigenvalue weighted by Crippen LogP contribution is -1.84. The molecule has 0 N–H and O–H groups in total. The van der Waals surface area contributed by atoms with Gasteiger partial charge in [-0.15, -0.1) is 11.6 Å². The van der Waals surface area contributed by atoms with E-state index in [1.807, 2.05) is 0 Å². The Balaban J connectivity index is 0.000000671. The Morgan fingerprint density at radius 1 is 0.923 bits per heavy atom. The highest BCUT2D eigenvalue weighted by Crippen LogP contribution is 2.06. The normalized spacial score (nSPS) is 8.92. The fraction of sp³-hybridized carbons (Fsp3) is 0.500. The van der Waals surface area contributed by atoms with E-state index in [0.29, 0.717) is 0 Å². The Bertz CT molecular complexity index is 201. The van der Waals surface area contributed by atoms with Gasteiger partial charge in [-0.2, -0.15) is 0 Å². The summed E-state index contributed by atoms with van der Waals surface area (Å²) in [5, 5.41) is 0. The van der Waals surface area contributed by atoms with Gasteiger partial charge in [0.2, 0.25) is 0 Å². The molecule has 1 heteroatoms. The summed E-state index contributed by atoms with van der Waals surface area (Å²) in [6, 6.07) is 8.93. The lowest BCUT2D eigenvalue weighted by atomic mass is 10.1. The van der Waals surface area contributed by atoms with Crippen LogP contribution in [0.4, 0.5) is 0 Å². The molecular weight excluding hydrogens is 180 g/mol. The highest BCUT2D eigenvalue weighted by atomic mass is 35.5. The van der Waals surface area contributed by atoms with Gasteiger partial charge in [-0.25, -0.2) is 0 Å². The van der Waals surface area contributed by atoms with Crippen molar-refractivity contribution < 1.29 is 0 Å². The Labute approximate surface area is 86.9 Å². The first kappa shape index (κ1) is 12.5. The second-order valence-corrected chi connectivity index (χ2v) is 2.92. The minimum atomic E-state index is 1.15. The van der Waals surface area contributed by atoms with E-state index in [1.165, 1.54) is 30.4 Å². The van der Waals surface area contributed by atoms with Crippen LogP contribution in [0.3, 0.4) is 0 Å². The maximum absolute atomic E-state index is 4.64. The van der Waals surface area contributed by atoms with E-state index in [9.17, 15) is 0 Å². The number of aryl methyl sites for hydroxylation is 2. The van der Waals surface area contributed by atoms with Crippen molar-refractivity contribution in [2.45, 2.75) is 33.1 Å². The molecule has 0 fully saturated rings. The molecule has 1 aromatic carbocycles. The van der Waals surface area contributed by atoms with Crippen LogP contribution >= 0.6 is 11.6 Å². The molecule has 1 aromatic rings. The van der Waals surface area contributed by atoms with Crippen LogP contribution in [0.1, 0.15) is 31.4 Å². The lowest BCUT2D eigenvalue weighted by Gasteiger charge is -1.99. The third-order valence-electron chi connectivity index (χ3n) is 1.97. The molecule has 0 saturated carbocycles. The highest BCUT2D eigenvalue weighted by Gasteiger charge is 1.90. The number of halogens is 1. The van der Waals surface area contributed by atoms with Crippen molar-refractivity contribution >= 4 is 11.6 Å². The zero-order valence-electron chi connectivity index (χ0n) is 8.81. The lowest BCUT2D eigenvalue weighted by molar-refractivity contribution is 0.920. The van der Waals surface area contributed by atoms with Crippen molar-refractivity contribution in [3.63, 3.8) is 0 Å². The zero-order valence-corrected chi connectivity index (χ0v) is 9.56. The minimum Gasteiger partial charge on any atom is -0.130 e. The van der Waals surface area contributed by atoms with E-state index in [-0.39, 0.29) is 0 Å². The molecule has 0 radical (unpaired) electrons. The second-order valence-electron chi connectivity index (χ2n) is 2.92. The van der Waals surface area contributed by atoms with Crippen molar-refractivity contribution in [3.05, 3.63) is 35.4 Å². The highest BCUT2D eigenvalue weighted by molar-refractivity contribution is 6.15. The largest absolute Gasteiger partial charge is 0.130 e. The van der Waals surface area contributed by atoms with E-state index < -0.39 is 0 Å². The Hall–Kier alpha value is -0.490. The first-order valence-corrected chi connectivity index (χ1v) is 5.58. The molecule has 0 nitrogen and oxygen atoms in total. The van der Waals surface area contributed by atoms with E-state index in [2.05, 4.69) is 49.7 Å². The maximum atomic E-state index is 4.64. The third-order valence-corrected chi connectivity index (χ3v) is 1.97. The number of rotatable bonds is 3.